The Balaban J connectivity index is 2.66. The van der Waals surface area contributed by atoms with Gasteiger partial charge >= 0.3 is 6.09 Å². The summed E-state index contributed by atoms with van der Waals surface area (Å²) >= 11 is 0. The van der Waals surface area contributed by atoms with E-state index < -0.39 is 21.5 Å². The third-order valence-electron chi connectivity index (χ3n) is 3.75. The standard InChI is InChI=1S/C17H34N4O4S/c1-6-8-13(21-16(22)25-17(3,4)5)11-19-15(18-7-2)20-14-9-10-26(23,24)12-14/h13-14H,6-12H2,1-5H3,(H,21,22)(H2,18,19,20). The van der Waals surface area contributed by atoms with E-state index in [-0.39, 0.29) is 23.6 Å². The Bertz CT molecular complexity index is 584. The maximum Gasteiger partial charge on any atom is 0.407 e. The zero-order valence-corrected chi connectivity index (χ0v) is 17.4. The van der Waals surface area contributed by atoms with E-state index in [2.05, 4.69) is 20.9 Å². The molecule has 0 aliphatic carbocycles. The molecule has 0 aromatic rings. The molecule has 152 valence electrons. The summed E-state index contributed by atoms with van der Waals surface area (Å²) in [6.07, 6.45) is 1.81. The number of carbonyl (C=O) groups excluding carboxylic acids is 1. The van der Waals surface area contributed by atoms with Crippen LogP contribution in [0, 0.1) is 0 Å². The van der Waals surface area contributed by atoms with Gasteiger partial charge in [0.05, 0.1) is 24.1 Å². The van der Waals surface area contributed by atoms with Gasteiger partial charge in [-0.05, 0) is 40.5 Å². The van der Waals surface area contributed by atoms with Gasteiger partial charge in [0.15, 0.2) is 15.8 Å². The van der Waals surface area contributed by atoms with Gasteiger partial charge in [0.2, 0.25) is 0 Å². The molecule has 0 spiro atoms. The van der Waals surface area contributed by atoms with Crippen LogP contribution in [0.15, 0.2) is 4.99 Å². The largest absolute Gasteiger partial charge is 0.444 e. The highest BCUT2D eigenvalue weighted by Crippen LogP contribution is 2.11. The molecule has 1 heterocycles. The van der Waals surface area contributed by atoms with E-state index in [0.717, 1.165) is 12.8 Å². The lowest BCUT2D eigenvalue weighted by atomic mass is 10.1. The zero-order valence-electron chi connectivity index (χ0n) is 16.6. The lowest BCUT2D eigenvalue weighted by molar-refractivity contribution is 0.0503. The van der Waals surface area contributed by atoms with E-state index in [1.807, 2.05) is 34.6 Å². The normalized spacial score (nSPS) is 21.1. The van der Waals surface area contributed by atoms with Crippen molar-refractivity contribution in [2.75, 3.05) is 24.6 Å². The van der Waals surface area contributed by atoms with Crippen molar-refractivity contribution in [2.24, 2.45) is 4.99 Å². The molecule has 1 aliphatic rings. The number of hydrogen-bond donors (Lipinski definition) is 3. The van der Waals surface area contributed by atoms with Crippen LogP contribution >= 0.6 is 0 Å². The molecule has 1 amide bonds. The first-order chi connectivity index (χ1) is 12.0. The Morgan fingerprint density at radius 3 is 2.50 bits per heavy atom. The lowest BCUT2D eigenvalue weighted by Crippen LogP contribution is -2.45. The van der Waals surface area contributed by atoms with E-state index in [4.69, 9.17) is 4.74 Å². The van der Waals surface area contributed by atoms with Crippen molar-refractivity contribution in [1.29, 1.82) is 0 Å². The molecule has 0 saturated carbocycles. The van der Waals surface area contributed by atoms with E-state index in [1.54, 1.807) is 0 Å². The first-order valence-corrected chi connectivity index (χ1v) is 11.1. The molecule has 1 aliphatic heterocycles. The third kappa shape index (κ3) is 9.26. The number of carbonyl (C=O) groups is 1. The Labute approximate surface area is 157 Å². The molecule has 1 rings (SSSR count). The quantitative estimate of drug-likeness (QED) is 0.448. The van der Waals surface area contributed by atoms with Crippen LogP contribution in [0.4, 0.5) is 4.79 Å². The molecule has 0 bridgehead atoms. The Morgan fingerprint density at radius 1 is 1.31 bits per heavy atom. The molecule has 9 heteroatoms. The highest BCUT2D eigenvalue weighted by molar-refractivity contribution is 7.91. The third-order valence-corrected chi connectivity index (χ3v) is 5.51. The SMILES string of the molecule is CCCC(CN=C(NCC)NC1CCS(=O)(=O)C1)NC(=O)OC(C)(C)C. The van der Waals surface area contributed by atoms with Gasteiger partial charge in [-0.15, -0.1) is 0 Å². The van der Waals surface area contributed by atoms with Crippen molar-refractivity contribution in [2.45, 2.75) is 71.6 Å². The highest BCUT2D eigenvalue weighted by Gasteiger charge is 2.28. The molecule has 26 heavy (non-hydrogen) atoms. The minimum atomic E-state index is -2.95. The van der Waals surface area contributed by atoms with Crippen molar-refractivity contribution < 1.29 is 17.9 Å². The summed E-state index contributed by atoms with van der Waals surface area (Å²) in [6.45, 7) is 10.5. The maximum absolute atomic E-state index is 12.0. The van der Waals surface area contributed by atoms with Crippen LogP contribution in [0.3, 0.4) is 0 Å². The number of nitrogens with one attached hydrogen (secondary N) is 3. The summed E-state index contributed by atoms with van der Waals surface area (Å²) in [5.41, 5.74) is -0.547. The molecule has 1 saturated heterocycles. The summed E-state index contributed by atoms with van der Waals surface area (Å²) in [5.74, 6) is 0.913. The first-order valence-electron chi connectivity index (χ1n) is 9.29. The predicted molar refractivity (Wildman–Crippen MR) is 104 cm³/mol. The number of aliphatic imine (C=N–C) groups is 1. The van der Waals surface area contributed by atoms with Gasteiger partial charge in [-0.25, -0.2) is 13.2 Å². The Kier molecular flexibility index (Phi) is 8.66. The minimum Gasteiger partial charge on any atom is -0.444 e. The summed E-state index contributed by atoms with van der Waals surface area (Å²) in [6, 6.07) is -0.265. The van der Waals surface area contributed by atoms with Crippen LogP contribution in [0.2, 0.25) is 0 Å². The molecule has 8 nitrogen and oxygen atoms in total. The summed E-state index contributed by atoms with van der Waals surface area (Å²) in [4.78, 5) is 16.5. The second kappa shape index (κ2) is 9.99. The molecular weight excluding hydrogens is 356 g/mol. The highest BCUT2D eigenvalue weighted by atomic mass is 32.2. The number of amides is 1. The minimum absolute atomic E-state index is 0.124. The topological polar surface area (TPSA) is 109 Å². The Morgan fingerprint density at radius 2 is 2.00 bits per heavy atom. The number of ether oxygens (including phenoxy) is 1. The molecule has 0 radical (unpaired) electrons. The van der Waals surface area contributed by atoms with Gasteiger partial charge in [-0.2, -0.15) is 0 Å². The number of sulfone groups is 1. The molecular formula is C17H34N4O4S. The van der Waals surface area contributed by atoms with Crippen LogP contribution in [0.25, 0.3) is 0 Å². The average Bonchev–Trinajstić information content (AvgIpc) is 2.82. The molecule has 0 aromatic carbocycles. The number of hydrogen-bond acceptors (Lipinski definition) is 5. The summed E-state index contributed by atoms with van der Waals surface area (Å²) in [7, 11) is -2.95. The molecule has 2 unspecified atom stereocenters. The van der Waals surface area contributed by atoms with Crippen molar-refractivity contribution in [3.63, 3.8) is 0 Å². The molecule has 3 N–H and O–H groups in total. The number of nitrogens with zero attached hydrogens (tertiary/aromatic N) is 1. The van der Waals surface area contributed by atoms with E-state index >= 15 is 0 Å². The second-order valence-corrected chi connectivity index (χ2v) is 9.82. The summed E-state index contributed by atoms with van der Waals surface area (Å²) < 4.78 is 28.5. The van der Waals surface area contributed by atoms with Gasteiger partial charge in [-0.3, -0.25) is 4.99 Å². The predicted octanol–water partition coefficient (Wildman–Crippen LogP) is 1.42. The molecule has 1 fully saturated rings. The fraction of sp³-hybridized carbons (Fsp3) is 0.882. The number of alkyl carbamates (subject to hydrolysis) is 1. The second-order valence-electron chi connectivity index (χ2n) is 7.60. The fourth-order valence-electron chi connectivity index (χ4n) is 2.66. The average molecular weight is 391 g/mol. The van der Waals surface area contributed by atoms with Gasteiger partial charge in [0.25, 0.3) is 0 Å². The van der Waals surface area contributed by atoms with Crippen LogP contribution in [-0.2, 0) is 14.6 Å². The van der Waals surface area contributed by atoms with E-state index in [9.17, 15) is 13.2 Å². The molecule has 0 aromatic heterocycles. The van der Waals surface area contributed by atoms with Crippen LogP contribution in [0.1, 0.15) is 53.9 Å². The number of rotatable bonds is 7. The van der Waals surface area contributed by atoms with Gasteiger partial charge in [-0.1, -0.05) is 13.3 Å². The Hall–Kier alpha value is -1.51. The number of guanidine groups is 1. The van der Waals surface area contributed by atoms with E-state index in [0.29, 0.717) is 25.5 Å². The van der Waals surface area contributed by atoms with Crippen molar-refractivity contribution in [3.8, 4) is 0 Å². The first kappa shape index (κ1) is 22.5. The van der Waals surface area contributed by atoms with Crippen LogP contribution in [-0.4, -0.2) is 62.8 Å². The summed E-state index contributed by atoms with van der Waals surface area (Å²) in [5, 5.41) is 9.16. The fourth-order valence-corrected chi connectivity index (χ4v) is 4.33. The zero-order chi connectivity index (χ0) is 19.8. The van der Waals surface area contributed by atoms with Crippen molar-refractivity contribution in [3.05, 3.63) is 0 Å². The van der Waals surface area contributed by atoms with Gasteiger partial charge in [0.1, 0.15) is 5.60 Å². The maximum atomic E-state index is 12.0. The van der Waals surface area contributed by atoms with E-state index in [1.165, 1.54) is 0 Å². The monoisotopic (exact) mass is 390 g/mol. The smallest absolute Gasteiger partial charge is 0.407 e. The molecule has 2 atom stereocenters. The van der Waals surface area contributed by atoms with Crippen LogP contribution < -0.4 is 16.0 Å². The van der Waals surface area contributed by atoms with Crippen molar-refractivity contribution in [1.82, 2.24) is 16.0 Å². The van der Waals surface area contributed by atoms with Gasteiger partial charge < -0.3 is 20.7 Å². The van der Waals surface area contributed by atoms with Gasteiger partial charge in [0, 0.05) is 12.6 Å². The van der Waals surface area contributed by atoms with Crippen molar-refractivity contribution >= 4 is 21.9 Å². The lowest BCUT2D eigenvalue weighted by Gasteiger charge is -2.23. The van der Waals surface area contributed by atoms with Crippen LogP contribution in [0.5, 0.6) is 0 Å².